The fourth-order valence-electron chi connectivity index (χ4n) is 7.57. The minimum Gasteiger partial charge on any atom is -0.390 e. The van der Waals surface area contributed by atoms with Gasteiger partial charge in [0, 0.05) is 37.9 Å². The zero-order valence-electron chi connectivity index (χ0n) is 21.5. The number of amides is 1. The first kappa shape index (κ1) is 25.5. The molecule has 38 heavy (non-hydrogen) atoms. The number of aliphatic hydroxyl groups is 1. The summed E-state index contributed by atoms with van der Waals surface area (Å²) in [5.41, 5.74) is 0.261. The molecule has 11 heteroatoms. The van der Waals surface area contributed by atoms with Gasteiger partial charge in [0.05, 0.1) is 16.2 Å². The van der Waals surface area contributed by atoms with Crippen LogP contribution in [-0.2, 0) is 9.84 Å². The molecule has 7 rings (SSSR count). The van der Waals surface area contributed by atoms with Crippen LogP contribution in [0.5, 0.6) is 0 Å². The van der Waals surface area contributed by atoms with E-state index in [4.69, 9.17) is 0 Å². The highest BCUT2D eigenvalue weighted by atomic mass is 32.2. The third kappa shape index (κ3) is 4.53. The number of piperazine rings is 1. The number of rotatable bonds is 6. The van der Waals surface area contributed by atoms with Crippen LogP contribution in [0, 0.1) is 17.8 Å². The zero-order chi connectivity index (χ0) is 26.7. The van der Waals surface area contributed by atoms with E-state index in [0.717, 1.165) is 32.1 Å². The highest BCUT2D eigenvalue weighted by Crippen LogP contribution is 2.55. The predicted molar refractivity (Wildman–Crippen MR) is 140 cm³/mol. The molecule has 5 fully saturated rings. The molecule has 1 aromatic heterocycles. The zero-order valence-corrected chi connectivity index (χ0v) is 22.3. The quantitative estimate of drug-likeness (QED) is 0.571. The smallest absolute Gasteiger partial charge is 0.270 e. The molecule has 2 N–H and O–H groups in total. The lowest BCUT2D eigenvalue weighted by Gasteiger charge is -2.58. The van der Waals surface area contributed by atoms with E-state index < -0.39 is 21.4 Å². The van der Waals surface area contributed by atoms with Crippen molar-refractivity contribution < 1.29 is 22.7 Å². The molecule has 2 aromatic rings. The monoisotopic (exact) mass is 543 g/mol. The summed E-state index contributed by atoms with van der Waals surface area (Å²) in [6.07, 6.45) is 6.15. The Morgan fingerprint density at radius 1 is 1.16 bits per heavy atom. The minimum atomic E-state index is -4.00. The number of hydrogen-bond acceptors (Lipinski definition) is 8. The molecule has 1 aliphatic heterocycles. The van der Waals surface area contributed by atoms with E-state index >= 15 is 0 Å². The molecule has 9 nitrogen and oxygen atoms in total. The first-order valence-corrected chi connectivity index (χ1v) is 15.1. The third-order valence-electron chi connectivity index (χ3n) is 8.98. The molecule has 4 aliphatic carbocycles. The Morgan fingerprint density at radius 2 is 1.89 bits per heavy atom. The fourth-order valence-corrected chi connectivity index (χ4v) is 8.49. The van der Waals surface area contributed by atoms with Gasteiger partial charge in [-0.3, -0.25) is 4.79 Å². The lowest BCUT2D eigenvalue weighted by molar-refractivity contribution is -0.136. The van der Waals surface area contributed by atoms with Gasteiger partial charge >= 0.3 is 0 Å². The first-order valence-electron chi connectivity index (χ1n) is 13.4. The van der Waals surface area contributed by atoms with Crippen molar-refractivity contribution in [3.63, 3.8) is 0 Å². The summed E-state index contributed by atoms with van der Waals surface area (Å²) in [6.45, 7) is 3.50. The molecule has 1 aromatic carbocycles. The number of nitrogens with one attached hydrogen (secondary N) is 1. The lowest BCUT2D eigenvalue weighted by atomic mass is 9.52. The second kappa shape index (κ2) is 9.44. The van der Waals surface area contributed by atoms with E-state index in [1.54, 1.807) is 30.5 Å². The molecule has 1 saturated heterocycles. The van der Waals surface area contributed by atoms with Gasteiger partial charge in [-0.25, -0.2) is 22.8 Å². The molecular weight excluding hydrogens is 509 g/mol. The molecule has 3 unspecified atom stereocenters. The summed E-state index contributed by atoms with van der Waals surface area (Å²) in [7, 11) is -4.00. The summed E-state index contributed by atoms with van der Waals surface area (Å²) in [5, 5.41) is 14.1. The Balaban J connectivity index is 1.15. The Morgan fingerprint density at radius 3 is 2.58 bits per heavy atom. The van der Waals surface area contributed by atoms with Crippen molar-refractivity contribution >= 4 is 27.4 Å². The standard InChI is InChI=1S/C27H34FN5O4S/c1-17-15-32(22-4-2-3-5-23(22)38(36,37)16-28)8-9-33(17)26-29-7-6-21(30-26)25(34)31-24-19-10-18-11-20(24)14-27(35,12-18)13-19/h2-7,17-20,24,35H,8-16H2,1H3,(H,31,34)/t17-,18?,19-,20+,24?,27?/m1/s1. The maximum atomic E-state index is 13.3. The number of halogens is 1. The topological polar surface area (TPSA) is 116 Å². The van der Waals surface area contributed by atoms with Crippen molar-refractivity contribution in [3.8, 4) is 0 Å². The fraction of sp³-hybridized carbons (Fsp3) is 0.593. The Bertz CT molecular complexity index is 1320. The molecule has 204 valence electrons. The van der Waals surface area contributed by atoms with E-state index in [1.807, 2.05) is 16.7 Å². The Labute approximate surface area is 222 Å². The molecule has 4 saturated carbocycles. The van der Waals surface area contributed by atoms with E-state index in [9.17, 15) is 22.7 Å². The summed E-state index contributed by atoms with van der Waals surface area (Å²) >= 11 is 0. The van der Waals surface area contributed by atoms with Gasteiger partial charge in [-0.2, -0.15) is 0 Å². The van der Waals surface area contributed by atoms with E-state index in [2.05, 4.69) is 15.3 Å². The Kier molecular flexibility index (Phi) is 6.33. The maximum absolute atomic E-state index is 13.3. The SMILES string of the molecule is C[C@@H]1CN(c2ccccc2S(=O)(=O)CF)CCN1c1nccc(C(=O)NC2[C@@H]3CC4C[C@H]2CC(O)(C4)C3)n1. The third-order valence-corrected chi connectivity index (χ3v) is 10.3. The van der Waals surface area contributed by atoms with Crippen LogP contribution in [0.15, 0.2) is 41.4 Å². The number of nitrogens with zero attached hydrogens (tertiary/aromatic N) is 4. The van der Waals surface area contributed by atoms with Gasteiger partial charge in [-0.15, -0.1) is 0 Å². The van der Waals surface area contributed by atoms with Crippen LogP contribution in [0.25, 0.3) is 0 Å². The van der Waals surface area contributed by atoms with Crippen molar-refractivity contribution in [2.75, 3.05) is 35.4 Å². The van der Waals surface area contributed by atoms with Gasteiger partial charge in [-0.1, -0.05) is 12.1 Å². The average molecular weight is 544 g/mol. The van der Waals surface area contributed by atoms with Gasteiger partial charge in [0.25, 0.3) is 5.91 Å². The van der Waals surface area contributed by atoms with Crippen LogP contribution in [0.2, 0.25) is 0 Å². The van der Waals surface area contributed by atoms with Gasteiger partial charge in [0.1, 0.15) is 5.69 Å². The maximum Gasteiger partial charge on any atom is 0.270 e. The molecule has 6 atom stereocenters. The summed E-state index contributed by atoms with van der Waals surface area (Å²) < 4.78 is 37.8. The number of carbonyl (C=O) groups is 1. The molecule has 4 bridgehead atoms. The van der Waals surface area contributed by atoms with E-state index in [1.165, 1.54) is 6.07 Å². The number of aromatic nitrogens is 2. The predicted octanol–water partition coefficient (Wildman–Crippen LogP) is 2.56. The van der Waals surface area contributed by atoms with Gasteiger partial charge in [0.15, 0.2) is 6.01 Å². The summed E-state index contributed by atoms with van der Waals surface area (Å²) in [4.78, 5) is 26.2. The second-order valence-electron chi connectivity index (χ2n) is 11.6. The Hall–Kier alpha value is -2.79. The van der Waals surface area contributed by atoms with Crippen molar-refractivity contribution in [1.82, 2.24) is 15.3 Å². The molecular formula is C27H34FN5O4S. The van der Waals surface area contributed by atoms with Crippen LogP contribution in [0.4, 0.5) is 16.0 Å². The minimum absolute atomic E-state index is 0.00466. The molecule has 0 radical (unpaired) electrons. The molecule has 5 aliphatic rings. The van der Waals surface area contributed by atoms with Crippen LogP contribution >= 0.6 is 0 Å². The number of alkyl halides is 1. The summed E-state index contributed by atoms with van der Waals surface area (Å²) in [6, 6.07) is 6.67. The van der Waals surface area contributed by atoms with Gasteiger partial charge in [0.2, 0.25) is 15.8 Å². The number of para-hydroxylation sites is 1. The number of sulfone groups is 1. The van der Waals surface area contributed by atoms with Crippen molar-refractivity contribution in [3.05, 3.63) is 42.2 Å². The van der Waals surface area contributed by atoms with Crippen molar-refractivity contribution in [1.29, 1.82) is 0 Å². The number of hydrogen-bond donors (Lipinski definition) is 2. The summed E-state index contributed by atoms with van der Waals surface area (Å²) in [5.74, 6) is 1.44. The first-order chi connectivity index (χ1) is 18.2. The normalized spacial score (nSPS) is 32.4. The van der Waals surface area contributed by atoms with Crippen LogP contribution in [0.1, 0.15) is 49.5 Å². The second-order valence-corrected chi connectivity index (χ2v) is 13.5. The molecule has 0 spiro atoms. The molecule has 2 heterocycles. The van der Waals surface area contributed by atoms with E-state index in [-0.39, 0.29) is 22.9 Å². The molecule has 1 amide bonds. The van der Waals surface area contributed by atoms with Gasteiger partial charge in [-0.05, 0) is 75.0 Å². The van der Waals surface area contributed by atoms with Crippen LogP contribution in [-0.4, -0.2) is 72.7 Å². The van der Waals surface area contributed by atoms with E-state index in [0.29, 0.717) is 54.7 Å². The number of anilines is 2. The number of carbonyl (C=O) groups excluding carboxylic acids is 1. The number of benzene rings is 1. The largest absolute Gasteiger partial charge is 0.390 e. The lowest BCUT2D eigenvalue weighted by Crippen LogP contribution is -2.61. The van der Waals surface area contributed by atoms with Crippen molar-refractivity contribution in [2.45, 2.75) is 61.6 Å². The van der Waals surface area contributed by atoms with Gasteiger partial charge < -0.3 is 20.2 Å². The van der Waals surface area contributed by atoms with Crippen LogP contribution < -0.4 is 15.1 Å². The van der Waals surface area contributed by atoms with Crippen molar-refractivity contribution in [2.24, 2.45) is 17.8 Å². The highest BCUT2D eigenvalue weighted by Gasteiger charge is 2.55. The highest BCUT2D eigenvalue weighted by molar-refractivity contribution is 7.91. The van der Waals surface area contributed by atoms with Crippen LogP contribution in [0.3, 0.4) is 0 Å². The average Bonchev–Trinajstić information content (AvgIpc) is 2.89.